The number of amides is 1. The summed E-state index contributed by atoms with van der Waals surface area (Å²) in [4.78, 5) is 13.9. The maximum absolute atomic E-state index is 10.4. The maximum atomic E-state index is 10.4. The number of rotatable bonds is 9. The van der Waals surface area contributed by atoms with Gasteiger partial charge in [-0.1, -0.05) is 30.3 Å². The second-order valence-corrected chi connectivity index (χ2v) is 8.34. The Labute approximate surface area is 198 Å². The highest BCUT2D eigenvalue weighted by Crippen LogP contribution is 2.28. The second-order valence-electron chi connectivity index (χ2n) is 8.34. The Balaban J connectivity index is 0.000000890. The highest BCUT2D eigenvalue weighted by Gasteiger charge is 2.25. The minimum atomic E-state index is -0.525. The molecule has 0 spiro atoms. The van der Waals surface area contributed by atoms with E-state index in [0.29, 0.717) is 30.5 Å². The zero-order valence-corrected chi connectivity index (χ0v) is 20.6. The number of benzene rings is 2. The summed E-state index contributed by atoms with van der Waals surface area (Å²) in [7, 11) is 3.19. The number of nitrogens with one attached hydrogen (secondary N) is 1. The predicted molar refractivity (Wildman–Crippen MR) is 132 cm³/mol. The van der Waals surface area contributed by atoms with E-state index in [9.17, 15) is 5.11 Å². The molecule has 0 bridgehead atoms. The van der Waals surface area contributed by atoms with Crippen molar-refractivity contribution in [1.82, 2.24) is 15.1 Å². The summed E-state index contributed by atoms with van der Waals surface area (Å²) in [5.74, 6) is 1.36. The van der Waals surface area contributed by atoms with Gasteiger partial charge in [-0.3, -0.25) is 14.6 Å². The summed E-state index contributed by atoms with van der Waals surface area (Å²) < 4.78 is 11.1. The van der Waals surface area contributed by atoms with Crippen LogP contribution in [0.25, 0.3) is 0 Å². The number of ether oxygens (including phenoxy) is 2. The van der Waals surface area contributed by atoms with Crippen LogP contribution >= 0.6 is 0 Å². The fourth-order valence-electron chi connectivity index (χ4n) is 4.28. The lowest BCUT2D eigenvalue weighted by Gasteiger charge is -2.39. The van der Waals surface area contributed by atoms with Crippen LogP contribution in [0.15, 0.2) is 42.5 Å². The van der Waals surface area contributed by atoms with E-state index >= 15 is 0 Å². The number of hydrogen-bond acceptors (Lipinski definition) is 6. The number of aliphatic hydroxyl groups excluding tert-OH is 1. The molecule has 2 aromatic rings. The number of aryl methyl sites for hydroxylation is 2. The molecule has 7 nitrogen and oxygen atoms in total. The number of carbonyl (C=O) groups excluding carboxylic acids is 1. The number of hydrogen-bond donors (Lipinski definition) is 2. The van der Waals surface area contributed by atoms with E-state index in [1.807, 2.05) is 24.3 Å². The van der Waals surface area contributed by atoms with Crippen molar-refractivity contribution in [2.24, 2.45) is 0 Å². The maximum Gasteiger partial charge on any atom is 0.206 e. The summed E-state index contributed by atoms with van der Waals surface area (Å²) in [5, 5.41) is 12.7. The van der Waals surface area contributed by atoms with Crippen molar-refractivity contribution in [2.75, 3.05) is 53.5 Å². The quantitative estimate of drug-likeness (QED) is 0.564. The van der Waals surface area contributed by atoms with Crippen molar-refractivity contribution in [3.05, 3.63) is 59.2 Å². The molecule has 1 amide bonds. The molecule has 1 saturated heterocycles. The molecule has 33 heavy (non-hydrogen) atoms. The van der Waals surface area contributed by atoms with Gasteiger partial charge in [-0.25, -0.2) is 0 Å². The van der Waals surface area contributed by atoms with Gasteiger partial charge >= 0.3 is 0 Å². The average molecular weight is 458 g/mol. The molecule has 1 fully saturated rings. The lowest BCUT2D eigenvalue weighted by molar-refractivity contribution is -0.109. The molecule has 2 unspecified atom stereocenters. The molecule has 1 heterocycles. The number of nitrogens with zero attached hydrogens (tertiary/aromatic N) is 2. The summed E-state index contributed by atoms with van der Waals surface area (Å²) in [6.07, 6.45) is 0.0995. The van der Waals surface area contributed by atoms with E-state index in [1.54, 1.807) is 14.2 Å². The summed E-state index contributed by atoms with van der Waals surface area (Å²) in [5.41, 5.74) is 4.18. The van der Waals surface area contributed by atoms with Crippen LogP contribution in [0.1, 0.15) is 29.7 Å². The minimum Gasteiger partial charge on any atom is -0.493 e. The van der Waals surface area contributed by atoms with E-state index in [-0.39, 0.29) is 6.61 Å². The number of methoxy groups -OCH3 is 1. The SMILES string of the molecule is CNC=O.COc1ccccc1OCC(O)CN1CCN(C(C)c2c(C)cccc2C)CC1. The number of aliphatic hydroxyl groups is 1. The molecule has 2 N–H and O–H groups in total. The lowest BCUT2D eigenvalue weighted by atomic mass is 9.95. The first-order chi connectivity index (χ1) is 15.9. The van der Waals surface area contributed by atoms with E-state index in [4.69, 9.17) is 14.3 Å². The van der Waals surface area contributed by atoms with Gasteiger partial charge in [-0.2, -0.15) is 0 Å². The third-order valence-corrected chi connectivity index (χ3v) is 6.00. The van der Waals surface area contributed by atoms with E-state index in [0.717, 1.165) is 26.2 Å². The fraction of sp³-hybridized carbons (Fsp3) is 0.500. The Hall–Kier alpha value is -2.61. The van der Waals surface area contributed by atoms with Gasteiger partial charge in [-0.15, -0.1) is 0 Å². The molecule has 0 aromatic heterocycles. The summed E-state index contributed by atoms with van der Waals surface area (Å²) >= 11 is 0. The Morgan fingerprint density at radius 1 is 1.03 bits per heavy atom. The Morgan fingerprint density at radius 2 is 1.61 bits per heavy atom. The Bertz CT molecular complexity index is 833. The smallest absolute Gasteiger partial charge is 0.206 e. The van der Waals surface area contributed by atoms with Crippen molar-refractivity contribution in [1.29, 1.82) is 0 Å². The molecule has 182 valence electrons. The van der Waals surface area contributed by atoms with Crippen LogP contribution in [0.4, 0.5) is 0 Å². The fourth-order valence-corrected chi connectivity index (χ4v) is 4.28. The number of β-amino-alcohol motifs (C(OH)–C–C–N with tert-alkyl or cyclic N) is 1. The summed E-state index contributed by atoms with van der Waals surface area (Å²) in [6, 6.07) is 14.5. The monoisotopic (exact) mass is 457 g/mol. The van der Waals surface area contributed by atoms with Crippen molar-refractivity contribution < 1.29 is 19.4 Å². The standard InChI is InChI=1S/C24H34N2O3.C2H5NO/c1-18-8-7-9-19(2)24(18)20(3)26-14-12-25(13-15-26)16-21(27)17-29-23-11-6-5-10-22(23)28-4;1-3-2-4/h5-11,20-21,27H,12-17H2,1-4H3;2H,1H3,(H,3,4). The Kier molecular flexibility index (Phi) is 11.2. The topological polar surface area (TPSA) is 74.3 Å². The van der Waals surface area contributed by atoms with Crippen LogP contribution < -0.4 is 14.8 Å². The number of carbonyl (C=O) groups is 1. The highest BCUT2D eigenvalue weighted by atomic mass is 16.5. The van der Waals surface area contributed by atoms with Crippen molar-refractivity contribution in [3.8, 4) is 11.5 Å². The van der Waals surface area contributed by atoms with E-state index in [2.05, 4.69) is 54.1 Å². The Morgan fingerprint density at radius 3 is 2.15 bits per heavy atom. The first-order valence-corrected chi connectivity index (χ1v) is 11.5. The first-order valence-electron chi connectivity index (χ1n) is 11.5. The molecule has 7 heteroatoms. The molecular formula is C26H39N3O4. The van der Waals surface area contributed by atoms with Gasteiger partial charge < -0.3 is 19.9 Å². The second kappa shape index (κ2) is 13.8. The largest absolute Gasteiger partial charge is 0.493 e. The van der Waals surface area contributed by atoms with Crippen LogP contribution in [0.5, 0.6) is 11.5 Å². The minimum absolute atomic E-state index is 0.263. The molecule has 1 aliphatic heterocycles. The number of para-hydroxylation sites is 2. The molecule has 3 rings (SSSR count). The van der Waals surface area contributed by atoms with Gasteiger partial charge in [0.15, 0.2) is 11.5 Å². The lowest BCUT2D eigenvalue weighted by Crippen LogP contribution is -2.49. The normalized spacial score (nSPS) is 16.2. The molecule has 0 saturated carbocycles. The van der Waals surface area contributed by atoms with Crippen LogP contribution in [0, 0.1) is 13.8 Å². The van der Waals surface area contributed by atoms with Crippen molar-refractivity contribution >= 4 is 6.41 Å². The van der Waals surface area contributed by atoms with Crippen LogP contribution in [-0.4, -0.2) is 80.9 Å². The first kappa shape index (κ1) is 26.6. The van der Waals surface area contributed by atoms with Gasteiger partial charge in [0, 0.05) is 45.8 Å². The van der Waals surface area contributed by atoms with Crippen LogP contribution in [0.3, 0.4) is 0 Å². The number of piperazine rings is 1. The predicted octanol–water partition coefficient (Wildman–Crippen LogP) is 2.79. The zero-order chi connectivity index (χ0) is 24.2. The molecule has 0 radical (unpaired) electrons. The third kappa shape index (κ3) is 8.03. The molecular weight excluding hydrogens is 418 g/mol. The van der Waals surface area contributed by atoms with Crippen molar-refractivity contribution in [2.45, 2.75) is 32.9 Å². The van der Waals surface area contributed by atoms with Crippen LogP contribution in [-0.2, 0) is 4.79 Å². The molecule has 2 aromatic carbocycles. The van der Waals surface area contributed by atoms with Crippen molar-refractivity contribution in [3.63, 3.8) is 0 Å². The van der Waals surface area contributed by atoms with Crippen LogP contribution in [0.2, 0.25) is 0 Å². The van der Waals surface area contributed by atoms with E-state index < -0.39 is 6.10 Å². The molecule has 0 aliphatic carbocycles. The van der Waals surface area contributed by atoms with Gasteiger partial charge in [0.05, 0.1) is 7.11 Å². The average Bonchev–Trinajstić information content (AvgIpc) is 2.83. The van der Waals surface area contributed by atoms with Gasteiger partial charge in [0.2, 0.25) is 6.41 Å². The van der Waals surface area contributed by atoms with Gasteiger partial charge in [0.1, 0.15) is 12.7 Å². The van der Waals surface area contributed by atoms with Gasteiger partial charge in [0.25, 0.3) is 0 Å². The summed E-state index contributed by atoms with van der Waals surface area (Å²) in [6.45, 7) is 11.5. The highest BCUT2D eigenvalue weighted by molar-refractivity contribution is 5.44. The molecule has 1 aliphatic rings. The third-order valence-electron chi connectivity index (χ3n) is 6.00. The van der Waals surface area contributed by atoms with E-state index in [1.165, 1.54) is 16.7 Å². The molecule has 2 atom stereocenters. The zero-order valence-electron chi connectivity index (χ0n) is 20.6. The van der Waals surface area contributed by atoms with Gasteiger partial charge in [-0.05, 0) is 49.6 Å².